The summed E-state index contributed by atoms with van der Waals surface area (Å²) in [6.07, 6.45) is 2.20. The molecule has 0 bridgehead atoms. The molecule has 0 amide bonds. The minimum Gasteiger partial charge on any atom is -0.397 e. The van der Waals surface area contributed by atoms with Crippen LogP contribution in [0.15, 0.2) is 0 Å². The van der Waals surface area contributed by atoms with Crippen LogP contribution in [0.25, 0.3) is 0 Å². The molecule has 0 saturated heterocycles. The van der Waals surface area contributed by atoms with Gasteiger partial charge in [0.2, 0.25) is 0 Å². The van der Waals surface area contributed by atoms with Crippen LogP contribution in [0, 0.1) is 0 Å². The maximum atomic E-state index is 5.75. The van der Waals surface area contributed by atoms with Crippen LogP contribution < -0.4 is 5.73 Å². The van der Waals surface area contributed by atoms with Gasteiger partial charge in [-0.15, -0.1) is 0 Å². The second-order valence-corrected chi connectivity index (χ2v) is 5.62. The van der Waals surface area contributed by atoms with Gasteiger partial charge in [0.1, 0.15) is 0 Å². The molecule has 0 aliphatic carbocycles. The molecule has 0 aromatic heterocycles. The molecule has 0 saturated carbocycles. The van der Waals surface area contributed by atoms with E-state index in [1.54, 1.807) is 0 Å². The molecule has 98 valence electrons. The molecule has 0 spiro atoms. The minimum atomic E-state index is -1.52. The molecule has 0 fully saturated rings. The van der Waals surface area contributed by atoms with Crippen molar-refractivity contribution in [1.82, 2.24) is 0 Å². The normalized spacial score (nSPS) is 13.3. The summed E-state index contributed by atoms with van der Waals surface area (Å²) in [4.78, 5) is 0. The Balaban J connectivity index is 3.84. The Hall–Kier alpha value is 0.0569. The number of rotatable bonds is 11. The molecule has 4 nitrogen and oxygen atoms in total. The fourth-order valence-corrected chi connectivity index (χ4v) is 3.47. The average Bonchev–Trinajstić information content (AvgIpc) is 2.28. The van der Waals surface area contributed by atoms with Crippen molar-refractivity contribution in [3.05, 3.63) is 0 Å². The van der Waals surface area contributed by atoms with Crippen LogP contribution in [-0.4, -0.2) is 41.8 Å². The lowest BCUT2D eigenvalue weighted by Crippen LogP contribution is -2.29. The quantitative estimate of drug-likeness (QED) is 0.444. The van der Waals surface area contributed by atoms with E-state index in [0.29, 0.717) is 6.54 Å². The van der Waals surface area contributed by atoms with Crippen molar-refractivity contribution in [2.75, 3.05) is 26.4 Å². The lowest BCUT2D eigenvalue weighted by molar-refractivity contribution is 0.0550. The second kappa shape index (κ2) is 11.5. The van der Waals surface area contributed by atoms with Crippen molar-refractivity contribution in [3.63, 3.8) is 0 Å². The van der Waals surface area contributed by atoms with Crippen LogP contribution >= 0.6 is 0 Å². The van der Waals surface area contributed by atoms with Crippen molar-refractivity contribution in [2.45, 2.75) is 45.8 Å². The first-order chi connectivity index (χ1) is 7.78. The first-order valence-electron chi connectivity index (χ1n) is 6.33. The highest BCUT2D eigenvalue weighted by Gasteiger charge is 2.18. The predicted octanol–water partition coefficient (Wildman–Crippen LogP) is 1.42. The van der Waals surface area contributed by atoms with Crippen LogP contribution in [0.3, 0.4) is 0 Å². The molecular formula is C11H27NO3Si. The Morgan fingerprint density at radius 1 is 1.12 bits per heavy atom. The van der Waals surface area contributed by atoms with Gasteiger partial charge in [0.05, 0.1) is 6.10 Å². The zero-order chi connectivity index (χ0) is 12.2. The van der Waals surface area contributed by atoms with Crippen molar-refractivity contribution < 1.29 is 13.6 Å². The molecule has 5 heteroatoms. The van der Waals surface area contributed by atoms with E-state index in [9.17, 15) is 0 Å². The molecule has 1 unspecified atom stereocenters. The summed E-state index contributed by atoms with van der Waals surface area (Å²) in [6, 6.07) is 0.933. The largest absolute Gasteiger partial charge is 0.397 e. The van der Waals surface area contributed by atoms with Gasteiger partial charge in [0.25, 0.3) is 0 Å². The van der Waals surface area contributed by atoms with E-state index in [4.69, 9.17) is 19.3 Å². The zero-order valence-corrected chi connectivity index (χ0v) is 12.1. The van der Waals surface area contributed by atoms with E-state index in [2.05, 4.69) is 6.92 Å². The van der Waals surface area contributed by atoms with Crippen molar-refractivity contribution in [1.29, 1.82) is 0 Å². The summed E-state index contributed by atoms with van der Waals surface area (Å²) in [5.74, 6) is 0. The van der Waals surface area contributed by atoms with Gasteiger partial charge < -0.3 is 19.3 Å². The van der Waals surface area contributed by atoms with Crippen molar-refractivity contribution >= 4 is 9.28 Å². The Morgan fingerprint density at radius 3 is 2.19 bits per heavy atom. The molecular weight excluding hydrogens is 222 g/mol. The van der Waals surface area contributed by atoms with Gasteiger partial charge in [-0.3, -0.25) is 0 Å². The SMILES string of the molecule is CCO[SiH](CC(CC)OCCCN)OCC. The summed E-state index contributed by atoms with van der Waals surface area (Å²) in [5.41, 5.74) is 5.43. The summed E-state index contributed by atoms with van der Waals surface area (Å²) < 4.78 is 17.0. The number of ether oxygens (including phenoxy) is 1. The van der Waals surface area contributed by atoms with Gasteiger partial charge in [-0.1, -0.05) is 6.92 Å². The maximum absolute atomic E-state index is 5.75. The van der Waals surface area contributed by atoms with Gasteiger partial charge >= 0.3 is 9.28 Å². The smallest absolute Gasteiger partial charge is 0.324 e. The highest BCUT2D eigenvalue weighted by atomic mass is 28.3. The Morgan fingerprint density at radius 2 is 1.75 bits per heavy atom. The molecule has 0 aliphatic rings. The summed E-state index contributed by atoms with van der Waals surface area (Å²) >= 11 is 0. The van der Waals surface area contributed by atoms with E-state index >= 15 is 0 Å². The van der Waals surface area contributed by atoms with Crippen LogP contribution in [0.1, 0.15) is 33.6 Å². The lowest BCUT2D eigenvalue weighted by atomic mass is 10.3. The first-order valence-corrected chi connectivity index (χ1v) is 8.09. The van der Waals surface area contributed by atoms with Crippen LogP contribution in [0.4, 0.5) is 0 Å². The fourth-order valence-electron chi connectivity index (χ4n) is 1.46. The molecule has 0 rings (SSSR count). The number of nitrogens with two attached hydrogens (primary N) is 1. The molecule has 0 aliphatic heterocycles. The standard InChI is InChI=1S/C11H27NO3Si/c1-4-11(13-9-7-8-12)10-16(14-5-2)15-6-3/h11,16H,4-10,12H2,1-3H3. The van der Waals surface area contributed by atoms with Gasteiger partial charge in [-0.25, -0.2) is 0 Å². The second-order valence-electron chi connectivity index (χ2n) is 3.62. The van der Waals surface area contributed by atoms with Gasteiger partial charge in [-0.05, 0) is 33.2 Å². The van der Waals surface area contributed by atoms with E-state index in [0.717, 1.165) is 38.7 Å². The van der Waals surface area contributed by atoms with Crippen LogP contribution in [0.2, 0.25) is 6.04 Å². The summed E-state index contributed by atoms with van der Waals surface area (Å²) in [7, 11) is -1.52. The maximum Gasteiger partial charge on any atom is 0.324 e. The molecule has 0 radical (unpaired) electrons. The number of hydrogen-bond donors (Lipinski definition) is 1. The van der Waals surface area contributed by atoms with Gasteiger partial charge in [0.15, 0.2) is 0 Å². The topological polar surface area (TPSA) is 53.7 Å². The molecule has 0 aromatic rings. The van der Waals surface area contributed by atoms with E-state index in [1.807, 2.05) is 13.8 Å². The number of hydrogen-bond acceptors (Lipinski definition) is 4. The summed E-state index contributed by atoms with van der Waals surface area (Å²) in [6.45, 7) is 9.05. The Kier molecular flexibility index (Phi) is 11.6. The average molecular weight is 249 g/mol. The highest BCUT2D eigenvalue weighted by molar-refractivity contribution is 6.44. The Bertz CT molecular complexity index is 143. The van der Waals surface area contributed by atoms with Crippen molar-refractivity contribution in [3.8, 4) is 0 Å². The molecule has 0 aromatic carbocycles. The Labute approximate surface area is 101 Å². The van der Waals surface area contributed by atoms with Gasteiger partial charge in [-0.2, -0.15) is 0 Å². The monoisotopic (exact) mass is 249 g/mol. The minimum absolute atomic E-state index is 0.265. The first kappa shape index (κ1) is 16.1. The third kappa shape index (κ3) is 8.24. The predicted molar refractivity (Wildman–Crippen MR) is 68.9 cm³/mol. The molecule has 1 atom stereocenters. The fraction of sp³-hybridized carbons (Fsp3) is 1.00. The molecule has 16 heavy (non-hydrogen) atoms. The van der Waals surface area contributed by atoms with Crippen LogP contribution in [0.5, 0.6) is 0 Å². The molecule has 0 heterocycles. The third-order valence-electron chi connectivity index (χ3n) is 2.32. The summed E-state index contributed by atoms with van der Waals surface area (Å²) in [5, 5.41) is 0. The van der Waals surface area contributed by atoms with E-state index in [-0.39, 0.29) is 6.10 Å². The third-order valence-corrected chi connectivity index (χ3v) is 4.64. The van der Waals surface area contributed by atoms with Crippen LogP contribution in [-0.2, 0) is 13.6 Å². The van der Waals surface area contributed by atoms with Crippen molar-refractivity contribution in [2.24, 2.45) is 5.73 Å². The van der Waals surface area contributed by atoms with E-state index < -0.39 is 9.28 Å². The molecule has 2 N–H and O–H groups in total. The zero-order valence-electron chi connectivity index (χ0n) is 10.9. The highest BCUT2D eigenvalue weighted by Crippen LogP contribution is 2.10. The van der Waals surface area contributed by atoms with Gasteiger partial charge in [0, 0.05) is 25.9 Å². The van der Waals surface area contributed by atoms with E-state index in [1.165, 1.54) is 0 Å². The lowest BCUT2D eigenvalue weighted by Gasteiger charge is -2.21.